The smallest absolute Gasteiger partial charge is 0.146 e. The standard InChI is InChI=1S/C15H26N4/c1-10-17-18-12(19(10)5)9-16-13-14(2,3)11-6-7-15(13,4)8-11/h11,13,16H,6-9H2,1-5H3. The second kappa shape index (κ2) is 4.05. The number of fused-ring (bicyclic) bond motifs is 2. The summed E-state index contributed by atoms with van der Waals surface area (Å²) >= 11 is 0. The molecule has 0 spiro atoms. The van der Waals surface area contributed by atoms with Gasteiger partial charge < -0.3 is 9.88 Å². The molecule has 4 heteroatoms. The molecule has 3 rings (SSSR count). The molecule has 3 atom stereocenters. The Labute approximate surface area is 116 Å². The van der Waals surface area contributed by atoms with Crippen molar-refractivity contribution >= 4 is 0 Å². The number of nitrogens with one attached hydrogen (secondary N) is 1. The molecule has 1 aromatic rings. The molecule has 2 aliphatic carbocycles. The van der Waals surface area contributed by atoms with Crippen LogP contribution in [0.5, 0.6) is 0 Å². The van der Waals surface area contributed by atoms with Crippen molar-refractivity contribution in [2.24, 2.45) is 23.8 Å². The predicted molar refractivity (Wildman–Crippen MR) is 75.6 cm³/mol. The molecule has 0 radical (unpaired) electrons. The second-order valence-corrected chi connectivity index (χ2v) is 7.45. The summed E-state index contributed by atoms with van der Waals surface area (Å²) in [5.41, 5.74) is 0.877. The Bertz CT molecular complexity index is 486. The van der Waals surface area contributed by atoms with Crippen LogP contribution in [0.15, 0.2) is 0 Å². The molecule has 2 bridgehead atoms. The van der Waals surface area contributed by atoms with Crippen molar-refractivity contribution in [3.8, 4) is 0 Å². The molecule has 0 aromatic carbocycles. The minimum atomic E-state index is 0.403. The maximum atomic E-state index is 4.26. The summed E-state index contributed by atoms with van der Waals surface area (Å²) in [4.78, 5) is 0. The summed E-state index contributed by atoms with van der Waals surface area (Å²) in [7, 11) is 2.04. The van der Waals surface area contributed by atoms with E-state index in [9.17, 15) is 0 Å². The number of rotatable bonds is 3. The van der Waals surface area contributed by atoms with Crippen molar-refractivity contribution in [3.63, 3.8) is 0 Å². The lowest BCUT2D eigenvalue weighted by Gasteiger charge is -2.43. The van der Waals surface area contributed by atoms with Crippen LogP contribution in [0.25, 0.3) is 0 Å². The first-order chi connectivity index (χ1) is 8.84. The average molecular weight is 262 g/mol. The van der Waals surface area contributed by atoms with Crippen LogP contribution in [0.4, 0.5) is 0 Å². The maximum Gasteiger partial charge on any atom is 0.146 e. The van der Waals surface area contributed by atoms with E-state index in [1.165, 1.54) is 19.3 Å². The van der Waals surface area contributed by atoms with Crippen LogP contribution in [0.2, 0.25) is 0 Å². The number of nitrogens with zero attached hydrogens (tertiary/aromatic N) is 3. The van der Waals surface area contributed by atoms with Gasteiger partial charge in [0.15, 0.2) is 0 Å². The monoisotopic (exact) mass is 262 g/mol. The van der Waals surface area contributed by atoms with E-state index in [0.717, 1.165) is 24.1 Å². The van der Waals surface area contributed by atoms with E-state index in [4.69, 9.17) is 0 Å². The zero-order valence-corrected chi connectivity index (χ0v) is 12.8. The molecule has 0 amide bonds. The highest BCUT2D eigenvalue weighted by Gasteiger charge is 2.58. The highest BCUT2D eigenvalue weighted by Crippen LogP contribution is 2.62. The molecule has 4 nitrogen and oxygen atoms in total. The van der Waals surface area contributed by atoms with Crippen LogP contribution in [0.3, 0.4) is 0 Å². The lowest BCUT2D eigenvalue weighted by molar-refractivity contribution is 0.107. The first kappa shape index (κ1) is 13.1. The minimum Gasteiger partial charge on any atom is -0.317 e. The zero-order chi connectivity index (χ0) is 13.8. The van der Waals surface area contributed by atoms with E-state index in [2.05, 4.69) is 40.9 Å². The van der Waals surface area contributed by atoms with Gasteiger partial charge in [-0.1, -0.05) is 20.8 Å². The Morgan fingerprint density at radius 2 is 2.05 bits per heavy atom. The summed E-state index contributed by atoms with van der Waals surface area (Å²) in [6, 6.07) is 0.593. The molecule has 3 unspecified atom stereocenters. The Morgan fingerprint density at radius 1 is 1.32 bits per heavy atom. The van der Waals surface area contributed by atoms with Crippen LogP contribution in [0, 0.1) is 23.7 Å². The van der Waals surface area contributed by atoms with Gasteiger partial charge in [0.1, 0.15) is 11.6 Å². The van der Waals surface area contributed by atoms with Gasteiger partial charge in [0.2, 0.25) is 0 Å². The molecule has 0 aliphatic heterocycles. The van der Waals surface area contributed by atoms with Gasteiger partial charge >= 0.3 is 0 Å². The molecular weight excluding hydrogens is 236 g/mol. The van der Waals surface area contributed by atoms with Crippen molar-refractivity contribution < 1.29 is 0 Å². The Kier molecular flexibility index (Phi) is 2.79. The van der Waals surface area contributed by atoms with Crippen LogP contribution >= 0.6 is 0 Å². The lowest BCUT2D eigenvalue weighted by Crippen LogP contribution is -2.50. The van der Waals surface area contributed by atoms with Gasteiger partial charge in [-0.05, 0) is 42.9 Å². The van der Waals surface area contributed by atoms with Crippen LogP contribution in [-0.2, 0) is 13.6 Å². The summed E-state index contributed by atoms with van der Waals surface area (Å²) in [6.07, 6.45) is 4.16. The molecule has 1 N–H and O–H groups in total. The van der Waals surface area contributed by atoms with Gasteiger partial charge in [0.25, 0.3) is 0 Å². The largest absolute Gasteiger partial charge is 0.317 e. The zero-order valence-electron chi connectivity index (χ0n) is 12.8. The molecule has 1 aromatic heterocycles. The third-order valence-electron chi connectivity index (χ3n) is 5.92. The molecule has 106 valence electrons. The fourth-order valence-corrected chi connectivity index (χ4v) is 4.61. The first-order valence-electron chi connectivity index (χ1n) is 7.43. The SMILES string of the molecule is Cc1nnc(CNC2C3(C)CCC(C3)C2(C)C)n1C. The fourth-order valence-electron chi connectivity index (χ4n) is 4.61. The van der Waals surface area contributed by atoms with Gasteiger partial charge in [-0.3, -0.25) is 0 Å². The fraction of sp³-hybridized carbons (Fsp3) is 0.867. The topological polar surface area (TPSA) is 42.7 Å². The van der Waals surface area contributed by atoms with Gasteiger partial charge in [0.05, 0.1) is 6.54 Å². The Hall–Kier alpha value is -0.900. The normalized spacial score (nSPS) is 36.1. The number of aromatic nitrogens is 3. The molecule has 2 aliphatic rings. The van der Waals surface area contributed by atoms with Crippen molar-refractivity contribution in [1.29, 1.82) is 0 Å². The van der Waals surface area contributed by atoms with Gasteiger partial charge in [-0.2, -0.15) is 0 Å². The van der Waals surface area contributed by atoms with Gasteiger partial charge in [0, 0.05) is 13.1 Å². The number of hydrogen-bond acceptors (Lipinski definition) is 3. The van der Waals surface area contributed by atoms with E-state index in [-0.39, 0.29) is 0 Å². The van der Waals surface area contributed by atoms with Crippen LogP contribution in [0.1, 0.15) is 51.7 Å². The van der Waals surface area contributed by atoms with E-state index in [1.54, 1.807) is 0 Å². The van der Waals surface area contributed by atoms with Crippen molar-refractivity contribution in [3.05, 3.63) is 11.6 Å². The first-order valence-corrected chi connectivity index (χ1v) is 7.43. The quantitative estimate of drug-likeness (QED) is 0.909. The maximum absolute atomic E-state index is 4.26. The van der Waals surface area contributed by atoms with Gasteiger partial charge in [-0.15, -0.1) is 10.2 Å². The number of aryl methyl sites for hydroxylation is 1. The Morgan fingerprint density at radius 3 is 2.58 bits per heavy atom. The summed E-state index contributed by atoms with van der Waals surface area (Å²) in [5.74, 6) is 2.91. The molecular formula is C15H26N4. The van der Waals surface area contributed by atoms with Crippen LogP contribution < -0.4 is 5.32 Å². The van der Waals surface area contributed by atoms with E-state index >= 15 is 0 Å². The minimum absolute atomic E-state index is 0.403. The molecule has 2 fully saturated rings. The van der Waals surface area contributed by atoms with Crippen LogP contribution in [-0.4, -0.2) is 20.8 Å². The molecule has 2 saturated carbocycles. The second-order valence-electron chi connectivity index (χ2n) is 7.45. The number of hydrogen-bond donors (Lipinski definition) is 1. The third kappa shape index (κ3) is 1.83. The van der Waals surface area contributed by atoms with E-state index < -0.39 is 0 Å². The third-order valence-corrected chi connectivity index (χ3v) is 5.92. The lowest BCUT2D eigenvalue weighted by atomic mass is 9.68. The van der Waals surface area contributed by atoms with Crippen molar-refractivity contribution in [1.82, 2.24) is 20.1 Å². The van der Waals surface area contributed by atoms with E-state index in [0.29, 0.717) is 16.9 Å². The van der Waals surface area contributed by atoms with Gasteiger partial charge in [-0.25, -0.2) is 0 Å². The Balaban J connectivity index is 1.75. The predicted octanol–water partition coefficient (Wildman–Crippen LogP) is 2.43. The molecule has 19 heavy (non-hydrogen) atoms. The molecule has 1 heterocycles. The van der Waals surface area contributed by atoms with Crippen molar-refractivity contribution in [2.75, 3.05) is 0 Å². The highest BCUT2D eigenvalue weighted by molar-refractivity contribution is 5.12. The van der Waals surface area contributed by atoms with E-state index in [1.807, 2.05) is 14.0 Å². The van der Waals surface area contributed by atoms with Crippen molar-refractivity contribution in [2.45, 2.75) is 59.5 Å². The summed E-state index contributed by atoms with van der Waals surface area (Å²) in [5, 5.41) is 12.2. The highest BCUT2D eigenvalue weighted by atomic mass is 15.3. The average Bonchev–Trinajstić information content (AvgIpc) is 2.92. The summed E-state index contributed by atoms with van der Waals surface area (Å²) in [6.45, 7) is 10.2. The summed E-state index contributed by atoms with van der Waals surface area (Å²) < 4.78 is 2.08. The molecule has 0 saturated heterocycles.